The SMILES string of the molecule is CCCN(CCC)C(=Cc1ccc([N+](=O)[O-])o1)C(=O)NN. The molecule has 1 amide bonds. The number of amides is 1. The Hall–Kier alpha value is -2.35. The van der Waals surface area contributed by atoms with Crippen LogP contribution in [0.15, 0.2) is 22.2 Å². The van der Waals surface area contributed by atoms with Crippen molar-refractivity contribution in [3.63, 3.8) is 0 Å². The van der Waals surface area contributed by atoms with Crippen LogP contribution in [0.4, 0.5) is 5.88 Å². The first kappa shape index (κ1) is 16.7. The maximum atomic E-state index is 11.9. The Balaban J connectivity index is 3.11. The van der Waals surface area contributed by atoms with Gasteiger partial charge in [0.25, 0.3) is 5.91 Å². The van der Waals surface area contributed by atoms with Crippen molar-refractivity contribution in [2.75, 3.05) is 13.1 Å². The van der Waals surface area contributed by atoms with E-state index in [1.54, 1.807) is 0 Å². The monoisotopic (exact) mass is 296 g/mol. The second kappa shape index (κ2) is 8.05. The zero-order valence-electron chi connectivity index (χ0n) is 12.2. The Morgan fingerprint density at radius 2 is 2.05 bits per heavy atom. The molecule has 0 spiro atoms. The van der Waals surface area contributed by atoms with Crippen LogP contribution in [0.5, 0.6) is 0 Å². The third-order valence-corrected chi connectivity index (χ3v) is 2.76. The summed E-state index contributed by atoms with van der Waals surface area (Å²) in [6.07, 6.45) is 3.17. The molecular formula is C13H20N4O4. The molecule has 0 radical (unpaired) electrons. The van der Waals surface area contributed by atoms with Crippen LogP contribution in [-0.4, -0.2) is 28.8 Å². The lowest BCUT2D eigenvalue weighted by Gasteiger charge is -2.25. The van der Waals surface area contributed by atoms with Gasteiger partial charge in [0.2, 0.25) is 0 Å². The standard InChI is InChI=1S/C13H20N4O4/c1-3-7-16(8-4-2)11(13(18)15-14)9-10-5-6-12(21-10)17(19)20/h5-6,9H,3-4,7-8,14H2,1-2H3,(H,15,18). The van der Waals surface area contributed by atoms with Crippen molar-refractivity contribution in [2.45, 2.75) is 26.7 Å². The molecule has 0 saturated heterocycles. The maximum Gasteiger partial charge on any atom is 0.433 e. The van der Waals surface area contributed by atoms with Gasteiger partial charge in [0.15, 0.2) is 0 Å². The topological polar surface area (TPSA) is 115 Å². The predicted octanol–water partition coefficient (Wildman–Crippen LogP) is 1.64. The van der Waals surface area contributed by atoms with Gasteiger partial charge in [-0.25, -0.2) is 5.84 Å². The molecule has 1 aromatic heterocycles. The first-order chi connectivity index (χ1) is 10.0. The van der Waals surface area contributed by atoms with Gasteiger partial charge in [-0.3, -0.25) is 20.3 Å². The third kappa shape index (κ3) is 4.60. The fourth-order valence-corrected chi connectivity index (χ4v) is 1.92. The summed E-state index contributed by atoms with van der Waals surface area (Å²) in [5.74, 6) is 4.61. The minimum absolute atomic E-state index is 0.234. The Morgan fingerprint density at radius 3 is 2.48 bits per heavy atom. The number of hydrogen-bond acceptors (Lipinski definition) is 6. The average molecular weight is 296 g/mol. The van der Waals surface area contributed by atoms with Gasteiger partial charge in [0.05, 0.1) is 6.07 Å². The molecule has 0 atom stereocenters. The Labute approximate surface area is 122 Å². The number of carbonyl (C=O) groups excluding carboxylic acids is 1. The normalized spacial score (nSPS) is 11.3. The van der Waals surface area contributed by atoms with Crippen molar-refractivity contribution in [2.24, 2.45) is 5.84 Å². The Morgan fingerprint density at radius 1 is 1.43 bits per heavy atom. The van der Waals surface area contributed by atoms with E-state index in [0.29, 0.717) is 18.8 Å². The highest BCUT2D eigenvalue weighted by atomic mass is 16.6. The van der Waals surface area contributed by atoms with Crippen molar-refractivity contribution < 1.29 is 14.1 Å². The van der Waals surface area contributed by atoms with Crippen LogP contribution in [-0.2, 0) is 4.79 Å². The molecule has 3 N–H and O–H groups in total. The minimum atomic E-state index is -0.629. The zero-order valence-corrected chi connectivity index (χ0v) is 12.2. The number of nitrogens with zero attached hydrogens (tertiary/aromatic N) is 2. The van der Waals surface area contributed by atoms with Crippen LogP contribution in [0.25, 0.3) is 6.08 Å². The van der Waals surface area contributed by atoms with Crippen LogP contribution in [0, 0.1) is 10.1 Å². The van der Waals surface area contributed by atoms with E-state index in [4.69, 9.17) is 10.3 Å². The maximum absolute atomic E-state index is 11.9. The van der Waals surface area contributed by atoms with E-state index in [0.717, 1.165) is 12.8 Å². The summed E-state index contributed by atoms with van der Waals surface area (Å²) < 4.78 is 5.05. The summed E-state index contributed by atoms with van der Waals surface area (Å²) in [5.41, 5.74) is 2.41. The van der Waals surface area contributed by atoms with Crippen LogP contribution in [0.2, 0.25) is 0 Å². The van der Waals surface area contributed by atoms with E-state index in [2.05, 4.69) is 5.43 Å². The van der Waals surface area contributed by atoms with Crippen LogP contribution in [0.1, 0.15) is 32.4 Å². The summed E-state index contributed by atoms with van der Waals surface area (Å²) in [6, 6.07) is 2.69. The molecule has 116 valence electrons. The molecule has 0 saturated carbocycles. The van der Waals surface area contributed by atoms with E-state index in [-0.39, 0.29) is 11.6 Å². The molecule has 0 unspecified atom stereocenters. The number of hydrazine groups is 1. The van der Waals surface area contributed by atoms with Gasteiger partial charge < -0.3 is 9.32 Å². The van der Waals surface area contributed by atoms with Crippen molar-refractivity contribution in [3.8, 4) is 0 Å². The van der Waals surface area contributed by atoms with Gasteiger partial charge in [0, 0.05) is 19.2 Å². The van der Waals surface area contributed by atoms with Crippen LogP contribution in [0.3, 0.4) is 0 Å². The highest BCUT2D eigenvalue weighted by molar-refractivity contribution is 5.96. The molecule has 0 bridgehead atoms. The quantitative estimate of drug-likeness (QED) is 0.248. The summed E-state index contributed by atoms with van der Waals surface area (Å²) >= 11 is 0. The predicted molar refractivity (Wildman–Crippen MR) is 77.8 cm³/mol. The lowest BCUT2D eigenvalue weighted by atomic mass is 10.2. The third-order valence-electron chi connectivity index (χ3n) is 2.76. The Bertz CT molecular complexity index is 518. The van der Waals surface area contributed by atoms with Gasteiger partial charge in [-0.05, 0) is 18.9 Å². The molecule has 0 fully saturated rings. The zero-order chi connectivity index (χ0) is 15.8. The molecule has 0 aliphatic rings. The van der Waals surface area contributed by atoms with Crippen molar-refractivity contribution >= 4 is 17.9 Å². The second-order valence-electron chi connectivity index (χ2n) is 4.42. The minimum Gasteiger partial charge on any atom is -0.401 e. The van der Waals surface area contributed by atoms with Gasteiger partial charge in [0.1, 0.15) is 16.4 Å². The van der Waals surface area contributed by atoms with E-state index in [1.807, 2.05) is 18.7 Å². The largest absolute Gasteiger partial charge is 0.433 e. The average Bonchev–Trinajstić information content (AvgIpc) is 2.92. The lowest BCUT2D eigenvalue weighted by molar-refractivity contribution is -0.402. The van der Waals surface area contributed by atoms with Gasteiger partial charge in [-0.15, -0.1) is 0 Å². The summed E-state index contributed by atoms with van der Waals surface area (Å²) in [4.78, 5) is 23.8. The van der Waals surface area contributed by atoms with Gasteiger partial charge in [-0.2, -0.15) is 0 Å². The molecular weight excluding hydrogens is 276 g/mol. The molecule has 8 nitrogen and oxygen atoms in total. The number of carbonyl (C=O) groups is 1. The van der Waals surface area contributed by atoms with E-state index in [1.165, 1.54) is 18.2 Å². The molecule has 21 heavy (non-hydrogen) atoms. The first-order valence-electron chi connectivity index (χ1n) is 6.75. The van der Waals surface area contributed by atoms with E-state index < -0.39 is 10.8 Å². The number of rotatable bonds is 8. The second-order valence-corrected chi connectivity index (χ2v) is 4.42. The number of hydrogen-bond donors (Lipinski definition) is 2. The number of nitrogens with two attached hydrogens (primary N) is 1. The van der Waals surface area contributed by atoms with Crippen molar-refractivity contribution in [1.29, 1.82) is 0 Å². The van der Waals surface area contributed by atoms with Gasteiger partial charge in [-0.1, -0.05) is 13.8 Å². The number of nitro groups is 1. The number of furan rings is 1. The highest BCUT2D eigenvalue weighted by Crippen LogP contribution is 2.19. The number of nitrogens with one attached hydrogen (secondary N) is 1. The smallest absolute Gasteiger partial charge is 0.401 e. The fraction of sp³-hybridized carbons (Fsp3) is 0.462. The van der Waals surface area contributed by atoms with Crippen molar-refractivity contribution in [3.05, 3.63) is 33.7 Å². The van der Waals surface area contributed by atoms with E-state index >= 15 is 0 Å². The highest BCUT2D eigenvalue weighted by Gasteiger charge is 2.18. The fourth-order valence-electron chi connectivity index (χ4n) is 1.92. The first-order valence-corrected chi connectivity index (χ1v) is 6.75. The molecule has 1 aromatic rings. The summed E-state index contributed by atoms with van der Waals surface area (Å²) in [6.45, 7) is 5.35. The van der Waals surface area contributed by atoms with Crippen molar-refractivity contribution in [1.82, 2.24) is 10.3 Å². The molecule has 1 rings (SSSR count). The molecule has 0 aromatic carbocycles. The van der Waals surface area contributed by atoms with Gasteiger partial charge >= 0.3 is 5.88 Å². The van der Waals surface area contributed by atoms with Crippen LogP contribution >= 0.6 is 0 Å². The van der Waals surface area contributed by atoms with Crippen LogP contribution < -0.4 is 11.3 Å². The molecule has 8 heteroatoms. The lowest BCUT2D eigenvalue weighted by Crippen LogP contribution is -2.39. The summed E-state index contributed by atoms with van der Waals surface area (Å²) in [7, 11) is 0. The molecule has 1 heterocycles. The summed E-state index contributed by atoms with van der Waals surface area (Å²) in [5, 5.41) is 10.6. The Kier molecular flexibility index (Phi) is 6.41. The molecule has 0 aliphatic heterocycles. The van der Waals surface area contributed by atoms with E-state index in [9.17, 15) is 14.9 Å². The molecule has 0 aliphatic carbocycles.